The number of nitrogens with one attached hydrogen (secondary N) is 1. The molecule has 1 aromatic heterocycles. The van der Waals surface area contributed by atoms with E-state index in [-0.39, 0.29) is 23.8 Å². The molecule has 0 amide bonds. The quantitative estimate of drug-likeness (QED) is 0.702. The second-order valence-corrected chi connectivity index (χ2v) is 6.80. The first-order valence-electron chi connectivity index (χ1n) is 6.73. The van der Waals surface area contributed by atoms with Gasteiger partial charge < -0.3 is 14.3 Å². The zero-order chi connectivity index (χ0) is 14.8. The predicted molar refractivity (Wildman–Crippen MR) is 72.8 cm³/mol. The van der Waals surface area contributed by atoms with Crippen LogP contribution in [0.4, 0.5) is 0 Å². The fraction of sp³-hybridized carbons (Fsp3) is 0.692. The third kappa shape index (κ3) is 3.60. The van der Waals surface area contributed by atoms with Crippen molar-refractivity contribution in [1.82, 2.24) is 4.72 Å². The summed E-state index contributed by atoms with van der Waals surface area (Å²) in [6, 6.07) is 0. The van der Waals surface area contributed by atoms with Crippen molar-refractivity contribution < 1.29 is 22.7 Å². The summed E-state index contributed by atoms with van der Waals surface area (Å²) in [6.45, 7) is 4.11. The molecule has 1 saturated carbocycles. The Bertz CT molecular complexity index is 560. The summed E-state index contributed by atoms with van der Waals surface area (Å²) in [5.74, 6) is 1.37. The fourth-order valence-corrected chi connectivity index (χ4v) is 3.55. The molecule has 2 N–H and O–H groups in total. The molecule has 0 atom stereocenters. The van der Waals surface area contributed by atoms with E-state index in [4.69, 9.17) is 9.15 Å². The SMILES string of the molecule is Cc1oc(C)c(S(=O)(=O)NCCOCC2CC2)c1CO. The van der Waals surface area contributed by atoms with E-state index < -0.39 is 10.0 Å². The molecule has 6 nitrogen and oxygen atoms in total. The van der Waals surface area contributed by atoms with Gasteiger partial charge in [0.1, 0.15) is 16.4 Å². The molecule has 0 spiro atoms. The Morgan fingerprint density at radius 3 is 2.65 bits per heavy atom. The van der Waals surface area contributed by atoms with Crippen LogP contribution in [0.5, 0.6) is 0 Å². The number of furan rings is 1. The summed E-state index contributed by atoms with van der Waals surface area (Å²) in [4.78, 5) is 0.0414. The number of aryl methyl sites for hydroxylation is 2. The van der Waals surface area contributed by atoms with Gasteiger partial charge in [0.05, 0.1) is 13.2 Å². The van der Waals surface area contributed by atoms with Crippen molar-refractivity contribution in [3.8, 4) is 0 Å². The van der Waals surface area contributed by atoms with Crippen molar-refractivity contribution in [3.63, 3.8) is 0 Å². The van der Waals surface area contributed by atoms with Gasteiger partial charge in [-0.1, -0.05) is 0 Å². The molecule has 1 aromatic rings. The lowest BCUT2D eigenvalue weighted by atomic mass is 10.2. The minimum atomic E-state index is -3.68. The van der Waals surface area contributed by atoms with Crippen LogP contribution in [-0.2, 0) is 21.4 Å². The molecule has 114 valence electrons. The highest BCUT2D eigenvalue weighted by Gasteiger charge is 2.26. The topological polar surface area (TPSA) is 88.8 Å². The van der Waals surface area contributed by atoms with Gasteiger partial charge >= 0.3 is 0 Å². The number of aliphatic hydroxyl groups excluding tert-OH is 1. The second kappa shape index (κ2) is 6.26. The van der Waals surface area contributed by atoms with Crippen LogP contribution >= 0.6 is 0 Å². The van der Waals surface area contributed by atoms with Crippen molar-refractivity contribution in [3.05, 3.63) is 17.1 Å². The lowest BCUT2D eigenvalue weighted by Crippen LogP contribution is -2.28. The maximum Gasteiger partial charge on any atom is 0.244 e. The van der Waals surface area contributed by atoms with E-state index in [1.54, 1.807) is 13.8 Å². The minimum Gasteiger partial charge on any atom is -0.465 e. The van der Waals surface area contributed by atoms with Gasteiger partial charge in [0.25, 0.3) is 0 Å². The lowest BCUT2D eigenvalue weighted by molar-refractivity contribution is 0.129. The number of hydrogen-bond acceptors (Lipinski definition) is 5. The van der Waals surface area contributed by atoms with Gasteiger partial charge in [-0.15, -0.1) is 0 Å². The van der Waals surface area contributed by atoms with Crippen molar-refractivity contribution in [2.75, 3.05) is 19.8 Å². The van der Waals surface area contributed by atoms with Crippen LogP contribution in [0.1, 0.15) is 29.9 Å². The monoisotopic (exact) mass is 303 g/mol. The molecule has 20 heavy (non-hydrogen) atoms. The average molecular weight is 303 g/mol. The first-order valence-corrected chi connectivity index (χ1v) is 8.21. The van der Waals surface area contributed by atoms with Crippen LogP contribution in [0, 0.1) is 19.8 Å². The fourth-order valence-electron chi connectivity index (χ4n) is 2.10. The van der Waals surface area contributed by atoms with E-state index in [2.05, 4.69) is 4.72 Å². The van der Waals surface area contributed by atoms with Crippen molar-refractivity contribution >= 4 is 10.0 Å². The van der Waals surface area contributed by atoms with Gasteiger partial charge in [0.15, 0.2) is 0 Å². The van der Waals surface area contributed by atoms with Gasteiger partial charge in [-0.05, 0) is 32.6 Å². The lowest BCUT2D eigenvalue weighted by Gasteiger charge is -2.08. The van der Waals surface area contributed by atoms with E-state index >= 15 is 0 Å². The molecule has 1 aliphatic carbocycles. The maximum atomic E-state index is 12.2. The first-order chi connectivity index (χ1) is 9.45. The molecule has 1 fully saturated rings. The predicted octanol–water partition coefficient (Wildman–Crippen LogP) is 1.09. The average Bonchev–Trinajstić information content (AvgIpc) is 3.13. The van der Waals surface area contributed by atoms with E-state index in [1.165, 1.54) is 12.8 Å². The van der Waals surface area contributed by atoms with Crippen LogP contribution in [0.3, 0.4) is 0 Å². The highest BCUT2D eigenvalue weighted by molar-refractivity contribution is 7.89. The van der Waals surface area contributed by atoms with Crippen LogP contribution in [0.25, 0.3) is 0 Å². The molecule has 0 aromatic carbocycles. The molecular formula is C13H21NO5S. The molecule has 2 rings (SSSR count). The van der Waals surface area contributed by atoms with Gasteiger partial charge in [-0.25, -0.2) is 13.1 Å². The smallest absolute Gasteiger partial charge is 0.244 e. The third-order valence-electron chi connectivity index (χ3n) is 3.34. The maximum absolute atomic E-state index is 12.2. The Balaban J connectivity index is 1.94. The van der Waals surface area contributed by atoms with Crippen LogP contribution in [0.2, 0.25) is 0 Å². The number of ether oxygens (including phenoxy) is 1. The van der Waals surface area contributed by atoms with E-state index in [0.29, 0.717) is 30.5 Å². The molecular weight excluding hydrogens is 282 g/mol. The van der Waals surface area contributed by atoms with Gasteiger partial charge in [0.2, 0.25) is 10.0 Å². The van der Waals surface area contributed by atoms with Crippen molar-refractivity contribution in [2.24, 2.45) is 5.92 Å². The normalized spacial score (nSPS) is 15.8. The molecule has 1 heterocycles. The standard InChI is InChI=1S/C13H21NO5S/c1-9-12(7-15)13(10(2)19-9)20(16,17)14-5-6-18-8-11-3-4-11/h11,14-15H,3-8H2,1-2H3. The second-order valence-electron chi connectivity index (χ2n) is 5.10. The zero-order valence-electron chi connectivity index (χ0n) is 11.8. The number of hydrogen-bond donors (Lipinski definition) is 2. The van der Waals surface area contributed by atoms with Crippen molar-refractivity contribution in [2.45, 2.75) is 38.2 Å². The summed E-state index contributed by atoms with van der Waals surface area (Å²) in [5, 5.41) is 9.28. The Hall–Kier alpha value is -0.890. The van der Waals surface area contributed by atoms with Gasteiger partial charge in [0, 0.05) is 18.7 Å². The highest BCUT2D eigenvalue weighted by Crippen LogP contribution is 2.28. The molecule has 0 bridgehead atoms. The molecule has 0 saturated heterocycles. The van der Waals surface area contributed by atoms with Crippen LogP contribution < -0.4 is 4.72 Å². The highest BCUT2D eigenvalue weighted by atomic mass is 32.2. The Morgan fingerprint density at radius 1 is 1.35 bits per heavy atom. The molecule has 1 aliphatic rings. The Morgan fingerprint density at radius 2 is 2.05 bits per heavy atom. The number of sulfonamides is 1. The molecule has 0 unspecified atom stereocenters. The van der Waals surface area contributed by atoms with Gasteiger partial charge in [-0.2, -0.15) is 0 Å². The van der Waals surface area contributed by atoms with Gasteiger partial charge in [-0.3, -0.25) is 0 Å². The van der Waals surface area contributed by atoms with Crippen LogP contribution in [0.15, 0.2) is 9.31 Å². The summed E-state index contributed by atoms with van der Waals surface area (Å²) in [6.07, 6.45) is 2.41. The molecule has 0 aliphatic heterocycles. The number of rotatable bonds is 8. The molecule has 7 heteroatoms. The largest absolute Gasteiger partial charge is 0.465 e. The summed E-state index contributed by atoms with van der Waals surface area (Å²) < 4.78 is 37.6. The zero-order valence-corrected chi connectivity index (χ0v) is 12.6. The summed E-state index contributed by atoms with van der Waals surface area (Å²) >= 11 is 0. The third-order valence-corrected chi connectivity index (χ3v) is 5.00. The van der Waals surface area contributed by atoms with Crippen LogP contribution in [-0.4, -0.2) is 33.3 Å². The van der Waals surface area contributed by atoms with E-state index in [0.717, 1.165) is 0 Å². The first kappa shape index (κ1) is 15.5. The Kier molecular flexibility index (Phi) is 4.85. The molecule has 0 radical (unpaired) electrons. The number of aliphatic hydroxyl groups is 1. The van der Waals surface area contributed by atoms with E-state index in [9.17, 15) is 13.5 Å². The minimum absolute atomic E-state index is 0.0414. The summed E-state index contributed by atoms with van der Waals surface area (Å²) in [7, 11) is -3.68. The summed E-state index contributed by atoms with van der Waals surface area (Å²) in [5.41, 5.74) is 0.314. The Labute approximate surface area is 119 Å². The van der Waals surface area contributed by atoms with Crippen molar-refractivity contribution in [1.29, 1.82) is 0 Å². The van der Waals surface area contributed by atoms with E-state index in [1.807, 2.05) is 0 Å².